The van der Waals surface area contributed by atoms with Gasteiger partial charge in [0.25, 0.3) is 11.8 Å². The molecule has 1 saturated carbocycles. The minimum atomic E-state index is -0.230. The number of furan rings is 1. The van der Waals surface area contributed by atoms with Crippen molar-refractivity contribution in [3.05, 3.63) is 47.9 Å². The van der Waals surface area contributed by atoms with Crippen LogP contribution in [0.3, 0.4) is 0 Å². The number of carbonyl (C=O) groups excluding carboxylic acids is 2. The number of hydrogen-bond acceptors (Lipinski definition) is 6. The molecule has 8 nitrogen and oxygen atoms in total. The predicted octanol–water partition coefficient (Wildman–Crippen LogP) is 2.40. The van der Waals surface area contributed by atoms with Crippen molar-refractivity contribution in [3.63, 3.8) is 0 Å². The summed E-state index contributed by atoms with van der Waals surface area (Å²) in [5, 5.41) is 0. The lowest BCUT2D eigenvalue weighted by Gasteiger charge is -2.35. The summed E-state index contributed by atoms with van der Waals surface area (Å²) in [6, 6.07) is 6.94. The van der Waals surface area contributed by atoms with Gasteiger partial charge in [0.15, 0.2) is 11.5 Å². The van der Waals surface area contributed by atoms with Gasteiger partial charge in [0.2, 0.25) is 6.79 Å². The van der Waals surface area contributed by atoms with Crippen LogP contribution in [0.25, 0.3) is 0 Å². The van der Waals surface area contributed by atoms with Gasteiger partial charge in [0.05, 0.1) is 24.5 Å². The van der Waals surface area contributed by atoms with Gasteiger partial charge < -0.3 is 28.4 Å². The van der Waals surface area contributed by atoms with Crippen LogP contribution in [0.15, 0.2) is 41.2 Å². The van der Waals surface area contributed by atoms with Crippen molar-refractivity contribution >= 4 is 11.8 Å². The van der Waals surface area contributed by atoms with Crippen LogP contribution in [-0.2, 0) is 4.74 Å². The quantitative estimate of drug-likeness (QED) is 0.725. The van der Waals surface area contributed by atoms with Gasteiger partial charge in [0, 0.05) is 31.7 Å². The maximum absolute atomic E-state index is 13.3. The van der Waals surface area contributed by atoms with Crippen molar-refractivity contribution in [2.45, 2.75) is 18.9 Å². The monoisotopic (exact) mass is 412 g/mol. The van der Waals surface area contributed by atoms with Crippen LogP contribution >= 0.6 is 0 Å². The van der Waals surface area contributed by atoms with Crippen LogP contribution in [0, 0.1) is 5.92 Å². The Balaban J connectivity index is 1.28. The summed E-state index contributed by atoms with van der Waals surface area (Å²) in [6.45, 7) is 2.74. The molecule has 2 amide bonds. The summed E-state index contributed by atoms with van der Waals surface area (Å²) in [5.41, 5.74) is 1.10. The molecule has 0 N–H and O–H groups in total. The van der Waals surface area contributed by atoms with Gasteiger partial charge >= 0.3 is 0 Å². The number of morpholine rings is 1. The fourth-order valence-electron chi connectivity index (χ4n) is 3.89. The van der Waals surface area contributed by atoms with Gasteiger partial charge in [-0.25, -0.2) is 0 Å². The molecule has 3 aliphatic rings. The zero-order valence-corrected chi connectivity index (χ0v) is 16.6. The van der Waals surface area contributed by atoms with E-state index in [-0.39, 0.29) is 24.7 Å². The van der Waals surface area contributed by atoms with E-state index in [0.717, 1.165) is 12.8 Å². The summed E-state index contributed by atoms with van der Waals surface area (Å²) in [6.07, 6.45) is 5.00. The second-order valence-corrected chi connectivity index (χ2v) is 7.98. The van der Waals surface area contributed by atoms with Crippen molar-refractivity contribution in [3.8, 4) is 11.5 Å². The van der Waals surface area contributed by atoms with Crippen molar-refractivity contribution in [1.29, 1.82) is 0 Å². The van der Waals surface area contributed by atoms with Gasteiger partial charge in [-0.1, -0.05) is 0 Å². The van der Waals surface area contributed by atoms with E-state index >= 15 is 0 Å². The molecule has 1 unspecified atom stereocenters. The van der Waals surface area contributed by atoms with E-state index in [1.807, 2.05) is 4.90 Å². The number of nitrogens with zero attached hydrogens (tertiary/aromatic N) is 2. The first-order valence-corrected chi connectivity index (χ1v) is 10.3. The lowest BCUT2D eigenvalue weighted by Crippen LogP contribution is -2.50. The predicted molar refractivity (Wildman–Crippen MR) is 106 cm³/mol. The van der Waals surface area contributed by atoms with Crippen molar-refractivity contribution < 1.29 is 28.2 Å². The number of rotatable bonds is 6. The molecule has 1 aromatic heterocycles. The molecule has 1 aliphatic carbocycles. The van der Waals surface area contributed by atoms with E-state index in [9.17, 15) is 9.59 Å². The van der Waals surface area contributed by atoms with Crippen LogP contribution in [0.1, 0.15) is 33.6 Å². The molecule has 1 atom stereocenters. The van der Waals surface area contributed by atoms with E-state index in [2.05, 4.69) is 0 Å². The van der Waals surface area contributed by atoms with Crippen LogP contribution < -0.4 is 9.47 Å². The van der Waals surface area contributed by atoms with Gasteiger partial charge in [0.1, 0.15) is 6.26 Å². The molecule has 1 saturated heterocycles. The maximum atomic E-state index is 13.3. The summed E-state index contributed by atoms with van der Waals surface area (Å²) in [7, 11) is 0. The first-order valence-electron chi connectivity index (χ1n) is 10.3. The van der Waals surface area contributed by atoms with Crippen molar-refractivity contribution in [2.24, 2.45) is 5.92 Å². The molecule has 0 bridgehead atoms. The standard InChI is InChI=1S/C22H24N2O6/c25-21(16-3-4-19-20(9-16)30-14-29-19)24(10-15-1-2-15)12-18-11-23(6-8-28-18)22(26)17-5-7-27-13-17/h3-5,7,9,13,15,18H,1-2,6,8,10-12,14H2. The van der Waals surface area contributed by atoms with Gasteiger partial charge in [-0.05, 0) is 43.0 Å². The van der Waals surface area contributed by atoms with Crippen molar-refractivity contribution in [2.75, 3.05) is 39.6 Å². The Kier molecular flexibility index (Phi) is 5.08. The van der Waals surface area contributed by atoms with E-state index in [4.69, 9.17) is 18.6 Å². The molecule has 2 fully saturated rings. The lowest BCUT2D eigenvalue weighted by molar-refractivity contribution is -0.0335. The molecule has 2 aromatic rings. The van der Waals surface area contributed by atoms with Crippen molar-refractivity contribution in [1.82, 2.24) is 9.80 Å². The average Bonchev–Trinajstić information content (AvgIpc) is 3.23. The third-order valence-electron chi connectivity index (χ3n) is 5.70. The van der Waals surface area contributed by atoms with Crippen LogP contribution in [0.4, 0.5) is 0 Å². The summed E-state index contributed by atoms with van der Waals surface area (Å²) >= 11 is 0. The number of hydrogen-bond donors (Lipinski definition) is 0. The van der Waals surface area contributed by atoms with Gasteiger partial charge in [-0.15, -0.1) is 0 Å². The molecule has 2 aliphatic heterocycles. The smallest absolute Gasteiger partial charge is 0.257 e. The fraction of sp³-hybridized carbons (Fsp3) is 0.455. The number of fused-ring (bicyclic) bond motifs is 1. The molecule has 30 heavy (non-hydrogen) atoms. The average molecular weight is 412 g/mol. The van der Waals surface area contributed by atoms with Crippen LogP contribution in [0.5, 0.6) is 11.5 Å². The molecule has 8 heteroatoms. The Bertz CT molecular complexity index is 924. The highest BCUT2D eigenvalue weighted by atomic mass is 16.7. The third-order valence-corrected chi connectivity index (χ3v) is 5.70. The molecule has 1 aromatic carbocycles. The third kappa shape index (κ3) is 4.00. The lowest BCUT2D eigenvalue weighted by atomic mass is 10.1. The zero-order chi connectivity index (χ0) is 20.5. The van der Waals surface area contributed by atoms with E-state index in [0.29, 0.717) is 61.3 Å². The van der Waals surface area contributed by atoms with Gasteiger partial charge in [-0.3, -0.25) is 9.59 Å². The maximum Gasteiger partial charge on any atom is 0.257 e. The Morgan fingerprint density at radius 3 is 2.73 bits per heavy atom. The number of benzene rings is 1. The highest BCUT2D eigenvalue weighted by Crippen LogP contribution is 2.34. The SMILES string of the molecule is O=C(c1ccoc1)N1CCOC(CN(CC2CC2)C(=O)c2ccc3c(c2)OCO3)C1. The molecular weight excluding hydrogens is 388 g/mol. The Hall–Kier alpha value is -3.00. The Morgan fingerprint density at radius 2 is 1.93 bits per heavy atom. The first-order chi connectivity index (χ1) is 14.7. The number of ether oxygens (including phenoxy) is 3. The topological polar surface area (TPSA) is 81.5 Å². The summed E-state index contributed by atoms with van der Waals surface area (Å²) in [4.78, 5) is 29.5. The Labute approximate surface area is 174 Å². The fourth-order valence-corrected chi connectivity index (χ4v) is 3.89. The normalized spacial score (nSPS) is 20.3. The highest BCUT2D eigenvalue weighted by molar-refractivity contribution is 5.95. The molecule has 158 valence electrons. The Morgan fingerprint density at radius 1 is 1.07 bits per heavy atom. The van der Waals surface area contributed by atoms with E-state index < -0.39 is 0 Å². The first kappa shape index (κ1) is 19.0. The summed E-state index contributed by atoms with van der Waals surface area (Å²) in [5.74, 6) is 1.66. The number of carbonyl (C=O) groups is 2. The second-order valence-electron chi connectivity index (χ2n) is 7.98. The molecule has 0 radical (unpaired) electrons. The molecule has 5 rings (SSSR count). The van der Waals surface area contributed by atoms with Gasteiger partial charge in [-0.2, -0.15) is 0 Å². The van der Waals surface area contributed by atoms with Crippen LogP contribution in [-0.4, -0.2) is 67.3 Å². The van der Waals surface area contributed by atoms with Crippen LogP contribution in [0.2, 0.25) is 0 Å². The summed E-state index contributed by atoms with van der Waals surface area (Å²) < 4.78 is 21.7. The highest BCUT2D eigenvalue weighted by Gasteiger charge is 2.32. The molecular formula is C22H24N2O6. The minimum Gasteiger partial charge on any atom is -0.472 e. The molecule has 0 spiro atoms. The number of amides is 2. The van der Waals surface area contributed by atoms with E-state index in [1.165, 1.54) is 12.5 Å². The second kappa shape index (κ2) is 8.02. The van der Waals surface area contributed by atoms with E-state index in [1.54, 1.807) is 29.2 Å². The molecule has 3 heterocycles. The zero-order valence-electron chi connectivity index (χ0n) is 16.6. The largest absolute Gasteiger partial charge is 0.472 e. The minimum absolute atomic E-state index is 0.0536.